The summed E-state index contributed by atoms with van der Waals surface area (Å²) < 4.78 is 6.31. The van der Waals surface area contributed by atoms with Crippen molar-refractivity contribution in [2.45, 2.75) is 13.5 Å². The molecule has 0 aromatic heterocycles. The predicted octanol–water partition coefficient (Wildman–Crippen LogP) is 4.33. The van der Waals surface area contributed by atoms with E-state index in [-0.39, 0.29) is 0 Å². The molecule has 2 rings (SSSR count). The van der Waals surface area contributed by atoms with E-state index in [4.69, 9.17) is 10.00 Å². The van der Waals surface area contributed by atoms with Crippen LogP contribution >= 0.6 is 15.9 Å². The van der Waals surface area contributed by atoms with Gasteiger partial charge in [0.2, 0.25) is 0 Å². The molecule has 0 atom stereocenters. The van der Waals surface area contributed by atoms with Gasteiger partial charge in [-0.05, 0) is 42.8 Å². The first-order chi connectivity index (χ1) is 9.72. The van der Waals surface area contributed by atoms with Gasteiger partial charge in [0.1, 0.15) is 11.8 Å². The quantitative estimate of drug-likeness (QED) is 0.887. The van der Waals surface area contributed by atoms with Gasteiger partial charge in [-0.15, -0.1) is 0 Å². The average Bonchev–Trinajstić information content (AvgIpc) is 2.47. The van der Waals surface area contributed by atoms with Gasteiger partial charge in [0.15, 0.2) is 0 Å². The highest BCUT2D eigenvalue weighted by Crippen LogP contribution is 2.21. The zero-order valence-electron chi connectivity index (χ0n) is 11.2. The first-order valence-corrected chi connectivity index (χ1v) is 7.17. The van der Waals surface area contributed by atoms with Crippen LogP contribution in [0, 0.1) is 11.3 Å². The van der Waals surface area contributed by atoms with Gasteiger partial charge >= 0.3 is 0 Å². The van der Waals surface area contributed by atoms with E-state index in [1.54, 1.807) is 6.07 Å². The van der Waals surface area contributed by atoms with E-state index in [0.29, 0.717) is 18.7 Å². The second-order valence-electron chi connectivity index (χ2n) is 4.23. The van der Waals surface area contributed by atoms with Crippen LogP contribution in [-0.2, 0) is 6.54 Å². The minimum atomic E-state index is 0.630. The largest absolute Gasteiger partial charge is 0.494 e. The van der Waals surface area contributed by atoms with Crippen molar-refractivity contribution in [3.05, 3.63) is 58.1 Å². The first-order valence-electron chi connectivity index (χ1n) is 6.38. The summed E-state index contributed by atoms with van der Waals surface area (Å²) in [6, 6.07) is 15.7. The summed E-state index contributed by atoms with van der Waals surface area (Å²) in [6.07, 6.45) is 0. The molecule has 0 aliphatic carbocycles. The normalized spacial score (nSPS) is 9.85. The van der Waals surface area contributed by atoms with Crippen LogP contribution < -0.4 is 10.1 Å². The van der Waals surface area contributed by atoms with Crippen LogP contribution in [0.1, 0.15) is 18.1 Å². The number of halogens is 1. The van der Waals surface area contributed by atoms with E-state index >= 15 is 0 Å². The molecule has 0 radical (unpaired) electrons. The maximum Gasteiger partial charge on any atom is 0.119 e. The predicted molar refractivity (Wildman–Crippen MR) is 83.8 cm³/mol. The van der Waals surface area contributed by atoms with Crippen LogP contribution in [0.2, 0.25) is 0 Å². The van der Waals surface area contributed by atoms with Crippen molar-refractivity contribution in [3.8, 4) is 11.8 Å². The summed E-state index contributed by atoms with van der Waals surface area (Å²) in [5.74, 6) is 0.873. The lowest BCUT2D eigenvalue weighted by atomic mass is 10.1. The third-order valence-electron chi connectivity index (χ3n) is 2.82. The highest BCUT2D eigenvalue weighted by molar-refractivity contribution is 9.10. The number of nitriles is 1. The van der Waals surface area contributed by atoms with Crippen molar-refractivity contribution in [3.63, 3.8) is 0 Å². The van der Waals surface area contributed by atoms with Gasteiger partial charge in [0, 0.05) is 11.0 Å². The van der Waals surface area contributed by atoms with Gasteiger partial charge in [-0.2, -0.15) is 5.26 Å². The molecule has 1 N–H and O–H groups in total. The Morgan fingerprint density at radius 3 is 2.60 bits per heavy atom. The Hall–Kier alpha value is -1.99. The van der Waals surface area contributed by atoms with E-state index in [1.807, 2.05) is 43.3 Å². The van der Waals surface area contributed by atoms with Crippen molar-refractivity contribution < 1.29 is 4.74 Å². The van der Waals surface area contributed by atoms with E-state index < -0.39 is 0 Å². The fourth-order valence-electron chi connectivity index (χ4n) is 1.83. The summed E-state index contributed by atoms with van der Waals surface area (Å²) in [6.45, 7) is 3.30. The molecular weight excluding hydrogens is 316 g/mol. The monoisotopic (exact) mass is 330 g/mol. The molecule has 0 heterocycles. The molecule has 0 aliphatic heterocycles. The molecule has 102 valence electrons. The molecule has 0 fully saturated rings. The van der Waals surface area contributed by atoms with Crippen LogP contribution in [0.15, 0.2) is 46.9 Å². The first kappa shape index (κ1) is 14.4. The molecule has 4 heteroatoms. The van der Waals surface area contributed by atoms with Gasteiger partial charge in [-0.25, -0.2) is 0 Å². The maximum atomic E-state index is 9.11. The zero-order chi connectivity index (χ0) is 14.4. The molecule has 0 spiro atoms. The summed E-state index contributed by atoms with van der Waals surface area (Å²) in [7, 11) is 0. The molecule has 0 saturated heterocycles. The number of rotatable bonds is 5. The van der Waals surface area contributed by atoms with Crippen LogP contribution in [0.3, 0.4) is 0 Å². The molecule has 0 amide bonds. The summed E-state index contributed by atoms with van der Waals surface area (Å²) in [4.78, 5) is 0. The number of ether oxygens (including phenoxy) is 1. The molecular formula is C16H15BrN2O. The smallest absolute Gasteiger partial charge is 0.119 e. The molecule has 3 nitrogen and oxygen atoms in total. The molecule has 0 unspecified atom stereocenters. The SMILES string of the molecule is CCOc1ccc(CNc2ccc(Br)cc2C#N)cc1. The Morgan fingerprint density at radius 1 is 1.20 bits per heavy atom. The lowest BCUT2D eigenvalue weighted by Crippen LogP contribution is -2.01. The second kappa shape index (κ2) is 6.97. The molecule has 20 heavy (non-hydrogen) atoms. The Labute approximate surface area is 127 Å². The second-order valence-corrected chi connectivity index (χ2v) is 5.15. The van der Waals surface area contributed by atoms with Crippen molar-refractivity contribution in [2.75, 3.05) is 11.9 Å². The molecule has 0 saturated carbocycles. The highest BCUT2D eigenvalue weighted by atomic mass is 79.9. The fraction of sp³-hybridized carbons (Fsp3) is 0.188. The van der Waals surface area contributed by atoms with E-state index in [0.717, 1.165) is 21.5 Å². The standard InChI is InChI=1S/C16H15BrN2O/c1-2-20-15-6-3-12(4-7-15)11-19-16-8-5-14(17)9-13(16)10-18/h3-9,19H,2,11H2,1H3. The summed E-state index contributed by atoms with van der Waals surface area (Å²) in [5.41, 5.74) is 2.61. The van der Waals surface area contributed by atoms with Gasteiger partial charge in [-0.3, -0.25) is 0 Å². The summed E-state index contributed by atoms with van der Waals surface area (Å²) >= 11 is 3.36. The Kier molecular flexibility index (Phi) is 5.03. The van der Waals surface area contributed by atoms with Crippen LogP contribution in [0.4, 0.5) is 5.69 Å². The van der Waals surface area contributed by atoms with Crippen LogP contribution in [-0.4, -0.2) is 6.61 Å². The van der Waals surface area contributed by atoms with Crippen molar-refractivity contribution >= 4 is 21.6 Å². The third-order valence-corrected chi connectivity index (χ3v) is 3.31. The van der Waals surface area contributed by atoms with Gasteiger partial charge in [0.05, 0.1) is 17.9 Å². The van der Waals surface area contributed by atoms with Gasteiger partial charge in [-0.1, -0.05) is 28.1 Å². The van der Waals surface area contributed by atoms with Crippen molar-refractivity contribution in [1.82, 2.24) is 0 Å². The van der Waals surface area contributed by atoms with E-state index in [9.17, 15) is 0 Å². The maximum absolute atomic E-state index is 9.11. The third kappa shape index (κ3) is 3.75. The molecule has 2 aromatic carbocycles. The molecule has 0 aliphatic rings. The zero-order valence-corrected chi connectivity index (χ0v) is 12.8. The molecule has 2 aromatic rings. The minimum Gasteiger partial charge on any atom is -0.494 e. The Bertz CT molecular complexity index is 617. The lowest BCUT2D eigenvalue weighted by Gasteiger charge is -2.09. The number of hydrogen-bond acceptors (Lipinski definition) is 3. The topological polar surface area (TPSA) is 45.0 Å². The van der Waals surface area contributed by atoms with E-state index in [2.05, 4.69) is 27.3 Å². The van der Waals surface area contributed by atoms with E-state index in [1.165, 1.54) is 0 Å². The average molecular weight is 331 g/mol. The van der Waals surface area contributed by atoms with Crippen molar-refractivity contribution in [1.29, 1.82) is 5.26 Å². The summed E-state index contributed by atoms with van der Waals surface area (Å²) in [5, 5.41) is 12.4. The lowest BCUT2D eigenvalue weighted by molar-refractivity contribution is 0.340. The number of nitrogens with zero attached hydrogens (tertiary/aromatic N) is 1. The van der Waals surface area contributed by atoms with Gasteiger partial charge < -0.3 is 10.1 Å². The number of hydrogen-bond donors (Lipinski definition) is 1. The number of anilines is 1. The van der Waals surface area contributed by atoms with Gasteiger partial charge in [0.25, 0.3) is 0 Å². The number of benzene rings is 2. The minimum absolute atomic E-state index is 0.630. The highest BCUT2D eigenvalue weighted by Gasteiger charge is 2.02. The fourth-order valence-corrected chi connectivity index (χ4v) is 2.19. The molecule has 0 bridgehead atoms. The van der Waals surface area contributed by atoms with Crippen LogP contribution in [0.5, 0.6) is 5.75 Å². The Balaban J connectivity index is 2.03. The number of nitrogens with one attached hydrogen (secondary N) is 1. The van der Waals surface area contributed by atoms with Crippen molar-refractivity contribution in [2.24, 2.45) is 0 Å². The Morgan fingerprint density at radius 2 is 1.95 bits per heavy atom. The van der Waals surface area contributed by atoms with Crippen LogP contribution in [0.25, 0.3) is 0 Å².